The third-order valence-corrected chi connectivity index (χ3v) is 4.10. The van der Waals surface area contributed by atoms with Crippen molar-refractivity contribution in [3.63, 3.8) is 0 Å². The molecule has 112 valence electrons. The van der Waals surface area contributed by atoms with Gasteiger partial charge in [0.25, 0.3) is 0 Å². The van der Waals surface area contributed by atoms with Crippen LogP contribution in [-0.2, 0) is 13.0 Å². The summed E-state index contributed by atoms with van der Waals surface area (Å²) in [6.07, 6.45) is 11.3. The summed E-state index contributed by atoms with van der Waals surface area (Å²) in [6.45, 7) is 9.77. The Hall–Kier alpha value is -1.76. The third-order valence-electron chi connectivity index (χ3n) is 4.10. The Labute approximate surface area is 129 Å². The van der Waals surface area contributed by atoms with E-state index in [1.807, 2.05) is 0 Å². The molecule has 0 heterocycles. The van der Waals surface area contributed by atoms with Gasteiger partial charge in [-0.3, -0.25) is 0 Å². The molecule has 0 aliphatic heterocycles. The zero-order valence-corrected chi connectivity index (χ0v) is 13.8. The summed E-state index contributed by atoms with van der Waals surface area (Å²) in [4.78, 5) is 2.38. The first-order valence-corrected chi connectivity index (χ1v) is 8.00. The predicted octanol–water partition coefficient (Wildman–Crippen LogP) is 5.45. The molecule has 1 aliphatic carbocycles. The van der Waals surface area contributed by atoms with Crippen LogP contribution in [0.3, 0.4) is 0 Å². The van der Waals surface area contributed by atoms with Crippen molar-refractivity contribution >= 4 is 0 Å². The van der Waals surface area contributed by atoms with Crippen molar-refractivity contribution in [2.45, 2.75) is 47.1 Å². The van der Waals surface area contributed by atoms with Gasteiger partial charge in [-0.2, -0.15) is 0 Å². The highest BCUT2D eigenvalue weighted by molar-refractivity contribution is 5.35. The largest absolute Gasteiger partial charge is 0.344 e. The highest BCUT2D eigenvalue weighted by Gasteiger charge is 2.15. The Morgan fingerprint density at radius 1 is 1.24 bits per heavy atom. The lowest BCUT2D eigenvalue weighted by Crippen LogP contribution is -2.20. The van der Waals surface area contributed by atoms with Crippen LogP contribution < -0.4 is 0 Å². The van der Waals surface area contributed by atoms with E-state index in [4.69, 9.17) is 0 Å². The van der Waals surface area contributed by atoms with Crippen LogP contribution in [0.4, 0.5) is 0 Å². The van der Waals surface area contributed by atoms with Crippen LogP contribution in [0.15, 0.2) is 60.0 Å². The SMILES string of the molecule is C/C=C\N(Cc1ccccc1CC)C1=CCC(C)C=C1C. The molecule has 0 saturated carbocycles. The van der Waals surface area contributed by atoms with Crippen molar-refractivity contribution in [2.75, 3.05) is 0 Å². The number of hydrogen-bond acceptors (Lipinski definition) is 1. The molecule has 0 saturated heterocycles. The van der Waals surface area contributed by atoms with Crippen LogP contribution in [0.25, 0.3) is 0 Å². The fourth-order valence-electron chi connectivity index (χ4n) is 3.02. The monoisotopic (exact) mass is 281 g/mol. The van der Waals surface area contributed by atoms with Gasteiger partial charge in [-0.25, -0.2) is 0 Å². The summed E-state index contributed by atoms with van der Waals surface area (Å²) in [5, 5.41) is 0. The van der Waals surface area contributed by atoms with Crippen LogP contribution in [-0.4, -0.2) is 4.90 Å². The van der Waals surface area contributed by atoms with Crippen LogP contribution in [0.5, 0.6) is 0 Å². The summed E-state index contributed by atoms with van der Waals surface area (Å²) >= 11 is 0. The number of aryl methyl sites for hydroxylation is 1. The Bertz CT molecular complexity index is 563. The van der Waals surface area contributed by atoms with Gasteiger partial charge in [0.15, 0.2) is 0 Å². The number of hydrogen-bond donors (Lipinski definition) is 0. The average molecular weight is 281 g/mol. The second kappa shape index (κ2) is 7.31. The number of nitrogens with zero attached hydrogens (tertiary/aromatic N) is 1. The van der Waals surface area contributed by atoms with Crippen molar-refractivity contribution in [3.8, 4) is 0 Å². The van der Waals surface area contributed by atoms with Crippen LogP contribution in [0, 0.1) is 5.92 Å². The van der Waals surface area contributed by atoms with Gasteiger partial charge >= 0.3 is 0 Å². The maximum absolute atomic E-state index is 2.39. The molecule has 0 amide bonds. The molecule has 1 atom stereocenters. The lowest BCUT2D eigenvalue weighted by atomic mass is 9.95. The minimum absolute atomic E-state index is 0.657. The second-order valence-electron chi connectivity index (χ2n) is 5.88. The molecule has 0 radical (unpaired) electrons. The fourth-order valence-corrected chi connectivity index (χ4v) is 3.02. The van der Waals surface area contributed by atoms with E-state index in [0.29, 0.717) is 5.92 Å². The van der Waals surface area contributed by atoms with E-state index in [2.05, 4.69) is 81.3 Å². The average Bonchev–Trinajstić information content (AvgIpc) is 2.47. The highest BCUT2D eigenvalue weighted by atomic mass is 15.1. The maximum atomic E-state index is 2.39. The summed E-state index contributed by atoms with van der Waals surface area (Å²) < 4.78 is 0. The van der Waals surface area contributed by atoms with Crippen molar-refractivity contribution in [1.82, 2.24) is 4.90 Å². The molecular weight excluding hydrogens is 254 g/mol. The second-order valence-corrected chi connectivity index (χ2v) is 5.88. The van der Waals surface area contributed by atoms with Gasteiger partial charge in [0.2, 0.25) is 0 Å². The fraction of sp³-hybridized carbons (Fsp3) is 0.400. The topological polar surface area (TPSA) is 3.24 Å². The lowest BCUT2D eigenvalue weighted by Gasteiger charge is -2.28. The van der Waals surface area contributed by atoms with Crippen LogP contribution in [0.2, 0.25) is 0 Å². The van der Waals surface area contributed by atoms with Gasteiger partial charge in [0.05, 0.1) is 0 Å². The normalized spacial score (nSPS) is 18.6. The van der Waals surface area contributed by atoms with Gasteiger partial charge in [0, 0.05) is 18.4 Å². The van der Waals surface area contributed by atoms with E-state index in [1.165, 1.54) is 22.4 Å². The van der Waals surface area contributed by atoms with E-state index in [1.54, 1.807) is 0 Å². The summed E-state index contributed by atoms with van der Waals surface area (Å²) in [5.74, 6) is 0.657. The van der Waals surface area contributed by atoms with E-state index >= 15 is 0 Å². The zero-order chi connectivity index (χ0) is 15.2. The van der Waals surface area contributed by atoms with Gasteiger partial charge in [0.1, 0.15) is 0 Å². The molecule has 0 fully saturated rings. The number of benzene rings is 1. The van der Waals surface area contributed by atoms with E-state index in [-0.39, 0.29) is 0 Å². The first-order valence-electron chi connectivity index (χ1n) is 8.00. The van der Waals surface area contributed by atoms with Crippen molar-refractivity contribution in [1.29, 1.82) is 0 Å². The van der Waals surface area contributed by atoms with Crippen LogP contribution in [0.1, 0.15) is 45.2 Å². The Kier molecular flexibility index (Phi) is 5.44. The summed E-state index contributed by atoms with van der Waals surface area (Å²) in [7, 11) is 0. The maximum Gasteiger partial charge on any atom is 0.0478 e. The number of rotatable bonds is 5. The predicted molar refractivity (Wildman–Crippen MR) is 91.8 cm³/mol. The number of allylic oxidation sites excluding steroid dienone is 4. The van der Waals surface area contributed by atoms with E-state index in [9.17, 15) is 0 Å². The van der Waals surface area contributed by atoms with Gasteiger partial charge in [-0.05, 0) is 49.3 Å². The molecule has 0 N–H and O–H groups in total. The molecule has 0 aromatic heterocycles. The molecule has 21 heavy (non-hydrogen) atoms. The molecule has 0 spiro atoms. The zero-order valence-electron chi connectivity index (χ0n) is 13.8. The Balaban J connectivity index is 2.26. The van der Waals surface area contributed by atoms with Crippen molar-refractivity contribution in [2.24, 2.45) is 5.92 Å². The van der Waals surface area contributed by atoms with Crippen LogP contribution >= 0.6 is 0 Å². The minimum Gasteiger partial charge on any atom is -0.344 e. The highest BCUT2D eigenvalue weighted by Crippen LogP contribution is 2.27. The molecule has 1 aliphatic rings. The first-order chi connectivity index (χ1) is 10.2. The molecule has 1 aromatic rings. The van der Waals surface area contributed by atoms with Gasteiger partial charge in [-0.1, -0.05) is 56.3 Å². The van der Waals surface area contributed by atoms with Gasteiger partial charge in [-0.15, -0.1) is 0 Å². The molecule has 1 aromatic carbocycles. The van der Waals surface area contributed by atoms with Crippen molar-refractivity contribution in [3.05, 3.63) is 71.1 Å². The molecule has 2 rings (SSSR count). The molecular formula is C20H27N. The van der Waals surface area contributed by atoms with Gasteiger partial charge < -0.3 is 4.90 Å². The Morgan fingerprint density at radius 2 is 1.95 bits per heavy atom. The van der Waals surface area contributed by atoms with E-state index < -0.39 is 0 Å². The van der Waals surface area contributed by atoms with Crippen molar-refractivity contribution < 1.29 is 0 Å². The molecule has 1 unspecified atom stereocenters. The third kappa shape index (κ3) is 3.87. The molecule has 1 heteroatoms. The quantitative estimate of drug-likeness (QED) is 0.693. The lowest BCUT2D eigenvalue weighted by molar-refractivity contribution is 0.454. The Morgan fingerprint density at radius 3 is 2.57 bits per heavy atom. The minimum atomic E-state index is 0.657. The molecule has 1 nitrogen and oxygen atoms in total. The first kappa shape index (κ1) is 15.6. The smallest absolute Gasteiger partial charge is 0.0478 e. The standard InChI is InChI=1S/C20H27N/c1-5-13-21(20-12-11-16(3)14-17(20)4)15-19-10-8-7-9-18(19)6-2/h5,7-10,12-14,16H,6,11,15H2,1-4H3/b13-5-. The molecule has 0 bridgehead atoms. The van der Waals surface area contributed by atoms with E-state index in [0.717, 1.165) is 19.4 Å². The summed E-state index contributed by atoms with van der Waals surface area (Å²) in [6, 6.07) is 8.76. The summed E-state index contributed by atoms with van der Waals surface area (Å²) in [5.41, 5.74) is 5.61.